The largest absolute Gasteiger partial charge is 0.484 e. The molecule has 0 spiro atoms. The van der Waals surface area contributed by atoms with Crippen LogP contribution in [0.25, 0.3) is 0 Å². The maximum absolute atomic E-state index is 12.9. The van der Waals surface area contributed by atoms with Crippen LogP contribution in [0.3, 0.4) is 0 Å². The molecule has 2 N–H and O–H groups in total. The summed E-state index contributed by atoms with van der Waals surface area (Å²) < 4.78 is 18.4. The van der Waals surface area contributed by atoms with Crippen molar-refractivity contribution in [1.29, 1.82) is 0 Å². The van der Waals surface area contributed by atoms with Crippen LogP contribution in [0.4, 0.5) is 4.39 Å². The number of hydrogen-bond donors (Lipinski definition) is 2. The summed E-state index contributed by atoms with van der Waals surface area (Å²) in [6.07, 6.45) is 1.47. The molecule has 2 amide bonds. The molecule has 7 heteroatoms. The zero-order valence-corrected chi connectivity index (χ0v) is 16.9. The third-order valence-corrected chi connectivity index (χ3v) is 4.41. The van der Waals surface area contributed by atoms with E-state index in [0.717, 1.165) is 11.1 Å². The minimum absolute atomic E-state index is 0.0989. The van der Waals surface area contributed by atoms with Crippen molar-refractivity contribution in [1.82, 2.24) is 10.7 Å². The molecule has 0 radical (unpaired) electrons. The highest BCUT2D eigenvalue weighted by Crippen LogP contribution is 2.13. The Kier molecular flexibility index (Phi) is 7.48. The Morgan fingerprint density at radius 3 is 2.35 bits per heavy atom. The average molecular weight is 419 g/mol. The number of carbonyl (C=O) groups excluding carboxylic acids is 2. The van der Waals surface area contributed by atoms with Gasteiger partial charge in [0.15, 0.2) is 6.61 Å². The maximum Gasteiger partial charge on any atom is 0.271 e. The molecule has 3 aromatic carbocycles. The van der Waals surface area contributed by atoms with Crippen molar-refractivity contribution in [2.24, 2.45) is 5.10 Å². The van der Waals surface area contributed by atoms with Crippen LogP contribution in [0.5, 0.6) is 5.75 Å². The van der Waals surface area contributed by atoms with Crippen LogP contribution >= 0.6 is 0 Å². The van der Waals surface area contributed by atoms with Gasteiger partial charge >= 0.3 is 0 Å². The molecule has 0 unspecified atom stereocenters. The molecule has 0 aromatic heterocycles. The standard InChI is InChI=1S/C24H22FN3O3/c1-17(19-5-3-2-4-6-19)27-23(29)16-31-22-13-7-18(8-14-22)15-26-28-24(30)20-9-11-21(25)12-10-20/h2-15,17H,16H2,1H3,(H,27,29)(H,28,30)/b26-15+/t17-/m1/s1. The summed E-state index contributed by atoms with van der Waals surface area (Å²) in [4.78, 5) is 24.0. The van der Waals surface area contributed by atoms with Gasteiger partial charge in [0.25, 0.3) is 11.8 Å². The average Bonchev–Trinajstić information content (AvgIpc) is 2.79. The molecule has 0 aliphatic rings. The lowest BCUT2D eigenvalue weighted by atomic mass is 10.1. The molecule has 6 nitrogen and oxygen atoms in total. The van der Waals surface area contributed by atoms with Crippen molar-refractivity contribution < 1.29 is 18.7 Å². The molecular weight excluding hydrogens is 397 g/mol. The van der Waals surface area contributed by atoms with E-state index in [1.807, 2.05) is 37.3 Å². The molecular formula is C24H22FN3O3. The van der Waals surface area contributed by atoms with Crippen LogP contribution in [0.15, 0.2) is 84.0 Å². The molecule has 3 rings (SSSR count). The molecule has 0 saturated heterocycles. The van der Waals surface area contributed by atoms with Gasteiger partial charge in [-0.25, -0.2) is 9.82 Å². The Hall–Kier alpha value is -4.00. The first-order valence-corrected chi connectivity index (χ1v) is 9.67. The van der Waals surface area contributed by atoms with Gasteiger partial charge in [-0.05, 0) is 66.6 Å². The van der Waals surface area contributed by atoms with Gasteiger partial charge in [-0.15, -0.1) is 0 Å². The first-order chi connectivity index (χ1) is 15.0. The quantitative estimate of drug-likeness (QED) is 0.430. The van der Waals surface area contributed by atoms with Crippen molar-refractivity contribution in [2.75, 3.05) is 6.61 Å². The number of halogens is 1. The minimum Gasteiger partial charge on any atom is -0.484 e. The summed E-state index contributed by atoms with van der Waals surface area (Å²) in [6.45, 7) is 1.81. The van der Waals surface area contributed by atoms with E-state index < -0.39 is 11.7 Å². The van der Waals surface area contributed by atoms with Crippen LogP contribution in [-0.2, 0) is 4.79 Å². The molecule has 158 valence electrons. The van der Waals surface area contributed by atoms with Crippen molar-refractivity contribution in [2.45, 2.75) is 13.0 Å². The van der Waals surface area contributed by atoms with Gasteiger partial charge in [0.1, 0.15) is 11.6 Å². The van der Waals surface area contributed by atoms with E-state index in [-0.39, 0.29) is 18.6 Å². The van der Waals surface area contributed by atoms with Gasteiger partial charge in [-0.2, -0.15) is 5.10 Å². The van der Waals surface area contributed by atoms with Crippen LogP contribution < -0.4 is 15.5 Å². The summed E-state index contributed by atoms with van der Waals surface area (Å²) >= 11 is 0. The fourth-order valence-corrected chi connectivity index (χ4v) is 2.74. The van der Waals surface area contributed by atoms with Crippen molar-refractivity contribution in [3.05, 3.63) is 101 Å². The van der Waals surface area contributed by atoms with Crippen molar-refractivity contribution >= 4 is 18.0 Å². The second kappa shape index (κ2) is 10.7. The number of benzene rings is 3. The molecule has 0 aliphatic carbocycles. The first-order valence-electron chi connectivity index (χ1n) is 9.67. The maximum atomic E-state index is 12.9. The third kappa shape index (κ3) is 6.78. The van der Waals surface area contributed by atoms with Gasteiger partial charge < -0.3 is 10.1 Å². The molecule has 0 saturated carbocycles. The summed E-state index contributed by atoms with van der Waals surface area (Å²) in [7, 11) is 0. The normalized spacial score (nSPS) is 11.7. The number of carbonyl (C=O) groups is 2. The van der Waals surface area contributed by atoms with Crippen molar-refractivity contribution in [3.63, 3.8) is 0 Å². The van der Waals surface area contributed by atoms with Gasteiger partial charge in [0, 0.05) is 5.56 Å². The number of nitrogens with zero attached hydrogens (tertiary/aromatic N) is 1. The molecule has 0 aliphatic heterocycles. The second-order valence-corrected chi connectivity index (χ2v) is 6.76. The summed E-state index contributed by atoms with van der Waals surface area (Å²) in [6, 6.07) is 21.6. The number of hydrazone groups is 1. The molecule has 1 atom stereocenters. The third-order valence-electron chi connectivity index (χ3n) is 4.41. The number of amides is 2. The topological polar surface area (TPSA) is 79.8 Å². The SMILES string of the molecule is C[C@@H](NC(=O)COc1ccc(/C=N/NC(=O)c2ccc(F)cc2)cc1)c1ccccc1. The zero-order valence-electron chi connectivity index (χ0n) is 16.9. The Bertz CT molecular complexity index is 1040. The van der Waals surface area contributed by atoms with E-state index in [9.17, 15) is 14.0 Å². The lowest BCUT2D eigenvalue weighted by Crippen LogP contribution is -2.31. The predicted octanol–water partition coefficient (Wildman–Crippen LogP) is 3.85. The molecule has 0 fully saturated rings. The highest BCUT2D eigenvalue weighted by molar-refractivity contribution is 5.94. The van der Waals surface area contributed by atoms with Crippen LogP contribution in [0.1, 0.15) is 34.5 Å². The molecule has 0 bridgehead atoms. The van der Waals surface area contributed by atoms with E-state index in [0.29, 0.717) is 11.3 Å². The molecule has 3 aromatic rings. The summed E-state index contributed by atoms with van der Waals surface area (Å²) in [5.41, 5.74) is 4.43. The van der Waals surface area contributed by atoms with Gasteiger partial charge in [-0.3, -0.25) is 9.59 Å². The number of hydrogen-bond acceptors (Lipinski definition) is 4. The van der Waals surface area contributed by atoms with E-state index >= 15 is 0 Å². The first kappa shape index (κ1) is 21.7. The van der Waals surface area contributed by atoms with E-state index in [1.165, 1.54) is 30.5 Å². The van der Waals surface area contributed by atoms with E-state index in [1.54, 1.807) is 24.3 Å². The Balaban J connectivity index is 1.44. The highest BCUT2D eigenvalue weighted by Gasteiger charge is 2.09. The summed E-state index contributed by atoms with van der Waals surface area (Å²) in [5.74, 6) is -0.530. The number of nitrogens with one attached hydrogen (secondary N) is 2. The van der Waals surface area contributed by atoms with Crippen LogP contribution in [-0.4, -0.2) is 24.6 Å². The predicted molar refractivity (Wildman–Crippen MR) is 116 cm³/mol. The summed E-state index contributed by atoms with van der Waals surface area (Å²) in [5, 5.41) is 6.77. The lowest BCUT2D eigenvalue weighted by Gasteiger charge is -2.14. The highest BCUT2D eigenvalue weighted by atomic mass is 19.1. The minimum atomic E-state index is -0.438. The van der Waals surface area contributed by atoms with Crippen molar-refractivity contribution in [3.8, 4) is 5.75 Å². The Labute approximate surface area is 179 Å². The zero-order chi connectivity index (χ0) is 22.1. The fourth-order valence-electron chi connectivity index (χ4n) is 2.74. The number of rotatable bonds is 8. The Morgan fingerprint density at radius 1 is 1.00 bits per heavy atom. The van der Waals surface area contributed by atoms with Crippen LogP contribution in [0, 0.1) is 5.82 Å². The monoisotopic (exact) mass is 419 g/mol. The fraction of sp³-hybridized carbons (Fsp3) is 0.125. The van der Waals surface area contributed by atoms with Gasteiger partial charge in [0.2, 0.25) is 0 Å². The van der Waals surface area contributed by atoms with Gasteiger partial charge in [-0.1, -0.05) is 30.3 Å². The lowest BCUT2D eigenvalue weighted by molar-refractivity contribution is -0.123. The molecule has 0 heterocycles. The smallest absolute Gasteiger partial charge is 0.271 e. The van der Waals surface area contributed by atoms with Gasteiger partial charge in [0.05, 0.1) is 12.3 Å². The molecule has 31 heavy (non-hydrogen) atoms. The van der Waals surface area contributed by atoms with Crippen LogP contribution in [0.2, 0.25) is 0 Å². The second-order valence-electron chi connectivity index (χ2n) is 6.76. The number of ether oxygens (including phenoxy) is 1. The Morgan fingerprint density at radius 2 is 1.68 bits per heavy atom. The van der Waals surface area contributed by atoms with E-state index in [4.69, 9.17) is 4.74 Å². The van der Waals surface area contributed by atoms with E-state index in [2.05, 4.69) is 15.8 Å².